The summed E-state index contributed by atoms with van der Waals surface area (Å²) in [7, 11) is 0. The van der Waals surface area contributed by atoms with E-state index in [0.29, 0.717) is 26.4 Å². The van der Waals surface area contributed by atoms with Crippen molar-refractivity contribution in [1.82, 2.24) is 9.80 Å². The summed E-state index contributed by atoms with van der Waals surface area (Å²) in [4.78, 5) is 18.1. The van der Waals surface area contributed by atoms with Gasteiger partial charge in [-0.25, -0.2) is 4.90 Å². The van der Waals surface area contributed by atoms with Crippen LogP contribution >= 0.6 is 0 Å². The van der Waals surface area contributed by atoms with E-state index in [1.807, 2.05) is 13.0 Å². The van der Waals surface area contributed by atoms with E-state index in [-0.39, 0.29) is 18.2 Å². The molecule has 1 spiro atoms. The molecule has 146 valence electrons. The summed E-state index contributed by atoms with van der Waals surface area (Å²) in [6.07, 6.45) is 2.51. The van der Waals surface area contributed by atoms with E-state index < -0.39 is 11.1 Å². The number of rotatable bonds is 4. The molecule has 27 heavy (non-hydrogen) atoms. The largest absolute Gasteiger partial charge is 0.465 e. The van der Waals surface area contributed by atoms with Crippen molar-refractivity contribution in [2.24, 2.45) is 5.41 Å². The SMILES string of the molecule is CCOC(=O)[C@]12CCC3OC[C@@H]4CO[C@@]1(CCN(Cc1ccccc1)C2)N34. The van der Waals surface area contributed by atoms with E-state index in [0.717, 1.165) is 32.4 Å². The molecule has 1 unspecified atom stereocenters. The van der Waals surface area contributed by atoms with Gasteiger partial charge in [-0.05, 0) is 25.3 Å². The third-order valence-corrected chi connectivity index (χ3v) is 6.86. The fourth-order valence-corrected chi connectivity index (χ4v) is 5.74. The van der Waals surface area contributed by atoms with Crippen molar-refractivity contribution >= 4 is 5.97 Å². The highest BCUT2D eigenvalue weighted by Crippen LogP contribution is 2.57. The molecule has 4 aliphatic heterocycles. The van der Waals surface area contributed by atoms with Gasteiger partial charge in [0.25, 0.3) is 0 Å². The van der Waals surface area contributed by atoms with E-state index in [9.17, 15) is 4.79 Å². The van der Waals surface area contributed by atoms with Gasteiger partial charge in [0, 0.05) is 26.1 Å². The Labute approximate surface area is 160 Å². The Morgan fingerprint density at radius 2 is 2.11 bits per heavy atom. The molecule has 0 amide bonds. The third kappa shape index (κ3) is 2.50. The standard InChI is InChI=1S/C21H28N2O4/c1-2-25-19(24)20-9-8-18-23-17(13-26-18)14-27-21(20,23)10-11-22(15-20)12-16-6-4-3-5-7-16/h3-7,17-18H,2,8-15H2,1H3/t17-,18?,20-,21-/m1/s1. The normalized spacial score (nSPS) is 38.4. The smallest absolute Gasteiger partial charge is 0.317 e. The van der Waals surface area contributed by atoms with Crippen LogP contribution in [0.2, 0.25) is 0 Å². The quantitative estimate of drug-likeness (QED) is 0.754. The molecule has 6 heteroatoms. The zero-order valence-corrected chi connectivity index (χ0v) is 15.9. The molecule has 1 aromatic carbocycles. The average molecular weight is 372 g/mol. The number of esters is 1. The van der Waals surface area contributed by atoms with Crippen LogP contribution in [0.25, 0.3) is 0 Å². The Balaban J connectivity index is 1.48. The van der Waals surface area contributed by atoms with Gasteiger partial charge in [0.1, 0.15) is 17.4 Å². The summed E-state index contributed by atoms with van der Waals surface area (Å²) < 4.78 is 18.1. The molecular weight excluding hydrogens is 344 g/mol. The maximum Gasteiger partial charge on any atom is 0.317 e. The molecule has 6 nitrogen and oxygen atoms in total. The number of hydrogen-bond donors (Lipinski definition) is 0. The van der Waals surface area contributed by atoms with Crippen LogP contribution in [0, 0.1) is 5.41 Å². The second kappa shape index (κ2) is 6.55. The van der Waals surface area contributed by atoms with E-state index in [1.54, 1.807) is 0 Å². The Morgan fingerprint density at radius 3 is 2.93 bits per heavy atom. The minimum atomic E-state index is -0.644. The van der Waals surface area contributed by atoms with Crippen LogP contribution in [0.15, 0.2) is 30.3 Å². The predicted octanol–water partition coefficient (Wildman–Crippen LogP) is 1.99. The number of ether oxygens (including phenoxy) is 3. The van der Waals surface area contributed by atoms with Crippen LogP contribution in [0.4, 0.5) is 0 Å². The first-order valence-electron chi connectivity index (χ1n) is 10.2. The topological polar surface area (TPSA) is 51.2 Å². The third-order valence-electron chi connectivity index (χ3n) is 6.86. The second-order valence-electron chi connectivity index (χ2n) is 8.23. The first kappa shape index (κ1) is 17.6. The molecule has 0 bridgehead atoms. The van der Waals surface area contributed by atoms with Crippen molar-refractivity contribution in [3.63, 3.8) is 0 Å². The Morgan fingerprint density at radius 1 is 1.26 bits per heavy atom. The molecule has 4 aliphatic rings. The van der Waals surface area contributed by atoms with Gasteiger partial charge >= 0.3 is 5.97 Å². The summed E-state index contributed by atoms with van der Waals surface area (Å²) in [6.45, 7) is 6.08. The first-order chi connectivity index (χ1) is 13.2. The minimum Gasteiger partial charge on any atom is -0.465 e. The van der Waals surface area contributed by atoms with Gasteiger partial charge in [0.05, 0.1) is 25.9 Å². The fourth-order valence-electron chi connectivity index (χ4n) is 5.74. The zero-order chi connectivity index (χ0) is 18.5. The summed E-state index contributed by atoms with van der Waals surface area (Å²) >= 11 is 0. The van der Waals surface area contributed by atoms with Crippen LogP contribution in [0.3, 0.4) is 0 Å². The van der Waals surface area contributed by atoms with Crippen LogP contribution in [0.1, 0.15) is 31.7 Å². The van der Waals surface area contributed by atoms with Gasteiger partial charge in [-0.15, -0.1) is 0 Å². The van der Waals surface area contributed by atoms with Crippen LogP contribution in [0.5, 0.6) is 0 Å². The molecule has 0 radical (unpaired) electrons. The van der Waals surface area contributed by atoms with Crippen molar-refractivity contribution < 1.29 is 19.0 Å². The molecule has 4 fully saturated rings. The summed E-state index contributed by atoms with van der Waals surface area (Å²) in [5, 5.41) is 0. The molecule has 5 rings (SSSR count). The molecule has 0 aliphatic carbocycles. The summed E-state index contributed by atoms with van der Waals surface area (Å²) in [6, 6.07) is 10.7. The van der Waals surface area contributed by atoms with Gasteiger partial charge < -0.3 is 14.2 Å². The lowest BCUT2D eigenvalue weighted by atomic mass is 9.66. The molecule has 0 saturated carbocycles. The van der Waals surface area contributed by atoms with Crippen molar-refractivity contribution in [1.29, 1.82) is 0 Å². The molecule has 1 aromatic rings. The van der Waals surface area contributed by atoms with E-state index in [2.05, 4.69) is 34.1 Å². The van der Waals surface area contributed by atoms with Gasteiger partial charge in [-0.3, -0.25) is 9.69 Å². The monoisotopic (exact) mass is 372 g/mol. The summed E-state index contributed by atoms with van der Waals surface area (Å²) in [5.74, 6) is -0.103. The molecule has 4 saturated heterocycles. The number of nitrogens with zero attached hydrogens (tertiary/aromatic N) is 2. The van der Waals surface area contributed by atoms with Gasteiger partial charge in [-0.2, -0.15) is 0 Å². The average Bonchev–Trinajstić information content (AvgIpc) is 3.28. The van der Waals surface area contributed by atoms with E-state index in [1.165, 1.54) is 5.56 Å². The maximum atomic E-state index is 13.3. The Bertz CT molecular complexity index is 713. The van der Waals surface area contributed by atoms with Crippen molar-refractivity contribution in [2.45, 2.75) is 50.7 Å². The number of piperidine rings is 2. The van der Waals surface area contributed by atoms with Gasteiger partial charge in [0.2, 0.25) is 0 Å². The fraction of sp³-hybridized carbons (Fsp3) is 0.667. The minimum absolute atomic E-state index is 0.0840. The number of carbonyl (C=O) groups is 1. The van der Waals surface area contributed by atoms with E-state index in [4.69, 9.17) is 14.2 Å². The highest BCUT2D eigenvalue weighted by molar-refractivity contribution is 5.79. The second-order valence-corrected chi connectivity index (χ2v) is 8.23. The van der Waals surface area contributed by atoms with Crippen LogP contribution in [-0.2, 0) is 25.5 Å². The van der Waals surface area contributed by atoms with E-state index >= 15 is 0 Å². The highest BCUT2D eigenvalue weighted by atomic mass is 16.6. The Kier molecular flexibility index (Phi) is 4.27. The lowest BCUT2D eigenvalue weighted by Crippen LogP contribution is -2.72. The lowest BCUT2D eigenvalue weighted by molar-refractivity contribution is -0.264. The highest BCUT2D eigenvalue weighted by Gasteiger charge is 2.71. The van der Waals surface area contributed by atoms with Crippen molar-refractivity contribution in [3.05, 3.63) is 35.9 Å². The van der Waals surface area contributed by atoms with Gasteiger partial charge in [0.15, 0.2) is 0 Å². The molecule has 0 aromatic heterocycles. The molecule has 0 N–H and O–H groups in total. The van der Waals surface area contributed by atoms with Crippen LogP contribution < -0.4 is 0 Å². The number of benzene rings is 1. The first-order valence-corrected chi connectivity index (χ1v) is 10.2. The lowest BCUT2D eigenvalue weighted by Gasteiger charge is -2.58. The number of carbonyl (C=O) groups excluding carboxylic acids is 1. The van der Waals surface area contributed by atoms with Crippen LogP contribution in [-0.4, -0.2) is 66.7 Å². The van der Waals surface area contributed by atoms with Gasteiger partial charge in [-0.1, -0.05) is 30.3 Å². The maximum absolute atomic E-state index is 13.3. The predicted molar refractivity (Wildman–Crippen MR) is 98.7 cm³/mol. The van der Waals surface area contributed by atoms with Crippen molar-refractivity contribution in [3.8, 4) is 0 Å². The molecule has 4 heterocycles. The molecule has 4 atom stereocenters. The number of likely N-dealkylation sites (tertiary alicyclic amines) is 1. The number of hydrogen-bond acceptors (Lipinski definition) is 6. The Hall–Kier alpha value is -1.47. The molecular formula is C21H28N2O4. The zero-order valence-electron chi connectivity index (χ0n) is 15.9. The summed E-state index contributed by atoms with van der Waals surface area (Å²) in [5.41, 5.74) is 0.0572. The van der Waals surface area contributed by atoms with Crippen molar-refractivity contribution in [2.75, 3.05) is 32.9 Å².